The molecule has 0 saturated carbocycles. The van der Waals surface area contributed by atoms with Crippen LogP contribution in [0.4, 0.5) is 13.2 Å². The van der Waals surface area contributed by atoms with Crippen LogP contribution < -0.4 is 0 Å². The van der Waals surface area contributed by atoms with Gasteiger partial charge < -0.3 is 9.26 Å². The van der Waals surface area contributed by atoms with Gasteiger partial charge in [-0.1, -0.05) is 5.16 Å². The standard InChI is InChI=1S/C15H15F3N2O3/c1-8-4-10(23-19-8)7-20(2)14(15(21)22-3)9-5-11(16)13(18)12(17)6-9/h4-6,14H,7H2,1-3H3. The van der Waals surface area contributed by atoms with Gasteiger partial charge in [-0.05, 0) is 31.7 Å². The summed E-state index contributed by atoms with van der Waals surface area (Å²) in [4.78, 5) is 13.5. The van der Waals surface area contributed by atoms with E-state index in [0.717, 1.165) is 19.2 Å². The minimum Gasteiger partial charge on any atom is -0.468 e. The lowest BCUT2D eigenvalue weighted by atomic mass is 10.0. The van der Waals surface area contributed by atoms with Crippen molar-refractivity contribution in [3.63, 3.8) is 0 Å². The SMILES string of the molecule is COC(=O)C(c1cc(F)c(F)c(F)c1)N(C)Cc1cc(C)no1. The summed E-state index contributed by atoms with van der Waals surface area (Å²) in [7, 11) is 2.69. The molecule has 8 heteroatoms. The smallest absolute Gasteiger partial charge is 0.327 e. The average Bonchev–Trinajstić information content (AvgIpc) is 2.89. The van der Waals surface area contributed by atoms with Gasteiger partial charge in [0.25, 0.3) is 0 Å². The number of methoxy groups -OCH3 is 1. The van der Waals surface area contributed by atoms with Crippen LogP contribution >= 0.6 is 0 Å². The minimum atomic E-state index is -1.59. The zero-order valence-electron chi connectivity index (χ0n) is 12.8. The summed E-state index contributed by atoms with van der Waals surface area (Å²) in [5, 5.41) is 3.72. The molecule has 23 heavy (non-hydrogen) atoms. The molecule has 0 spiro atoms. The van der Waals surface area contributed by atoms with Crippen LogP contribution in [0.25, 0.3) is 0 Å². The van der Waals surface area contributed by atoms with Crippen LogP contribution in [-0.4, -0.2) is 30.2 Å². The number of aryl methyl sites for hydroxylation is 1. The average molecular weight is 328 g/mol. The van der Waals surface area contributed by atoms with Crippen molar-refractivity contribution in [1.82, 2.24) is 10.1 Å². The van der Waals surface area contributed by atoms with Crippen molar-refractivity contribution < 1.29 is 27.2 Å². The van der Waals surface area contributed by atoms with E-state index in [1.165, 1.54) is 4.90 Å². The molecule has 5 nitrogen and oxygen atoms in total. The number of esters is 1. The molecule has 0 fully saturated rings. The Morgan fingerprint density at radius 1 is 1.30 bits per heavy atom. The van der Waals surface area contributed by atoms with Crippen molar-refractivity contribution >= 4 is 5.97 Å². The van der Waals surface area contributed by atoms with Gasteiger partial charge in [0, 0.05) is 6.07 Å². The highest BCUT2D eigenvalue weighted by molar-refractivity contribution is 5.77. The molecule has 0 aliphatic carbocycles. The Hall–Kier alpha value is -2.35. The van der Waals surface area contributed by atoms with Crippen LogP contribution in [0.15, 0.2) is 22.7 Å². The molecule has 1 aromatic heterocycles. The third-order valence-corrected chi connectivity index (χ3v) is 3.27. The van der Waals surface area contributed by atoms with Gasteiger partial charge in [0.2, 0.25) is 0 Å². The van der Waals surface area contributed by atoms with Gasteiger partial charge >= 0.3 is 5.97 Å². The molecule has 0 N–H and O–H groups in total. The number of likely N-dealkylation sites (N-methyl/N-ethyl adjacent to an activating group) is 1. The van der Waals surface area contributed by atoms with Crippen LogP contribution in [0.1, 0.15) is 23.1 Å². The third-order valence-electron chi connectivity index (χ3n) is 3.27. The van der Waals surface area contributed by atoms with E-state index in [9.17, 15) is 18.0 Å². The van der Waals surface area contributed by atoms with Gasteiger partial charge in [-0.15, -0.1) is 0 Å². The van der Waals surface area contributed by atoms with E-state index in [0.29, 0.717) is 11.5 Å². The second-order valence-electron chi connectivity index (χ2n) is 5.07. The number of nitrogens with zero attached hydrogens (tertiary/aromatic N) is 2. The summed E-state index contributed by atoms with van der Waals surface area (Å²) in [5.41, 5.74) is 0.592. The first-order valence-electron chi connectivity index (χ1n) is 6.68. The monoisotopic (exact) mass is 328 g/mol. The molecule has 0 aliphatic heterocycles. The van der Waals surface area contributed by atoms with Gasteiger partial charge in [-0.2, -0.15) is 0 Å². The summed E-state index contributed by atoms with van der Waals surface area (Å²) in [5.74, 6) is -4.63. The van der Waals surface area contributed by atoms with Crippen molar-refractivity contribution in [3.8, 4) is 0 Å². The molecule has 2 rings (SSSR count). The second kappa shape index (κ2) is 6.82. The number of carbonyl (C=O) groups excluding carboxylic acids is 1. The third kappa shape index (κ3) is 3.70. The van der Waals surface area contributed by atoms with E-state index in [1.807, 2.05) is 0 Å². The number of benzene rings is 1. The lowest BCUT2D eigenvalue weighted by molar-refractivity contribution is -0.147. The Labute approximate surface area is 130 Å². The van der Waals surface area contributed by atoms with E-state index in [1.54, 1.807) is 20.0 Å². The molecule has 0 bridgehead atoms. The number of rotatable bonds is 5. The van der Waals surface area contributed by atoms with E-state index >= 15 is 0 Å². The molecule has 0 aliphatic rings. The van der Waals surface area contributed by atoms with Crippen LogP contribution in [0.3, 0.4) is 0 Å². The Balaban J connectivity index is 2.35. The lowest BCUT2D eigenvalue weighted by Gasteiger charge is -2.25. The normalized spacial score (nSPS) is 12.5. The number of hydrogen-bond acceptors (Lipinski definition) is 5. The maximum absolute atomic E-state index is 13.4. The van der Waals surface area contributed by atoms with Crippen molar-refractivity contribution in [1.29, 1.82) is 0 Å². The fourth-order valence-electron chi connectivity index (χ4n) is 2.24. The van der Waals surface area contributed by atoms with E-state index in [2.05, 4.69) is 9.89 Å². The largest absolute Gasteiger partial charge is 0.468 e. The molecule has 0 saturated heterocycles. The Kier molecular flexibility index (Phi) is 5.05. The summed E-state index contributed by atoms with van der Waals surface area (Å²) >= 11 is 0. The predicted octanol–water partition coefficient (Wildman–Crippen LogP) is 2.75. The molecule has 124 valence electrons. The van der Waals surface area contributed by atoms with Gasteiger partial charge in [0.05, 0.1) is 19.3 Å². The molecule has 0 radical (unpaired) electrons. The van der Waals surface area contributed by atoms with Crippen LogP contribution in [0.2, 0.25) is 0 Å². The van der Waals surface area contributed by atoms with E-state index < -0.39 is 29.5 Å². The molecule has 1 unspecified atom stereocenters. The Morgan fingerprint density at radius 3 is 2.39 bits per heavy atom. The van der Waals surface area contributed by atoms with Crippen molar-refractivity contribution in [2.45, 2.75) is 19.5 Å². The Bertz CT molecular complexity index is 695. The summed E-state index contributed by atoms with van der Waals surface area (Å²) in [6, 6.07) is 2.07. The highest BCUT2D eigenvalue weighted by Crippen LogP contribution is 2.26. The molecule has 2 aromatic rings. The predicted molar refractivity (Wildman–Crippen MR) is 73.8 cm³/mol. The zero-order chi connectivity index (χ0) is 17.1. The van der Waals surface area contributed by atoms with Crippen molar-refractivity contribution in [2.24, 2.45) is 0 Å². The highest BCUT2D eigenvalue weighted by Gasteiger charge is 2.29. The number of halogens is 3. The Morgan fingerprint density at radius 2 is 1.91 bits per heavy atom. The first-order valence-corrected chi connectivity index (χ1v) is 6.68. The summed E-state index contributed by atoms with van der Waals surface area (Å²) in [6.07, 6.45) is 0. The first kappa shape index (κ1) is 17.0. The number of aromatic nitrogens is 1. The van der Waals surface area contributed by atoms with E-state index in [4.69, 9.17) is 4.52 Å². The molecular weight excluding hydrogens is 313 g/mol. The number of hydrogen-bond donors (Lipinski definition) is 0. The molecule has 1 heterocycles. The number of carbonyl (C=O) groups is 1. The topological polar surface area (TPSA) is 55.6 Å². The maximum atomic E-state index is 13.4. The molecule has 1 atom stereocenters. The van der Waals surface area contributed by atoms with Crippen molar-refractivity contribution in [3.05, 3.63) is 52.7 Å². The fourth-order valence-corrected chi connectivity index (χ4v) is 2.24. The molecular formula is C15H15F3N2O3. The van der Waals surface area contributed by atoms with Gasteiger partial charge in [-0.25, -0.2) is 18.0 Å². The lowest BCUT2D eigenvalue weighted by Crippen LogP contribution is -2.31. The summed E-state index contributed by atoms with van der Waals surface area (Å²) in [6.45, 7) is 1.87. The van der Waals surface area contributed by atoms with Crippen LogP contribution in [0.5, 0.6) is 0 Å². The maximum Gasteiger partial charge on any atom is 0.327 e. The van der Waals surface area contributed by atoms with Gasteiger partial charge in [0.1, 0.15) is 6.04 Å². The molecule has 1 aromatic carbocycles. The highest BCUT2D eigenvalue weighted by atomic mass is 19.2. The van der Waals surface area contributed by atoms with Crippen LogP contribution in [-0.2, 0) is 16.1 Å². The summed E-state index contributed by atoms with van der Waals surface area (Å²) < 4.78 is 49.7. The molecule has 0 amide bonds. The zero-order valence-corrected chi connectivity index (χ0v) is 12.8. The quantitative estimate of drug-likeness (QED) is 0.624. The minimum absolute atomic E-state index is 0.0630. The van der Waals surface area contributed by atoms with Gasteiger partial charge in [0.15, 0.2) is 23.2 Å². The number of ether oxygens (including phenoxy) is 1. The van der Waals surface area contributed by atoms with Crippen molar-refractivity contribution in [2.75, 3.05) is 14.2 Å². The van der Waals surface area contributed by atoms with E-state index in [-0.39, 0.29) is 12.1 Å². The van der Waals surface area contributed by atoms with Crippen LogP contribution in [0, 0.1) is 24.4 Å². The second-order valence-corrected chi connectivity index (χ2v) is 5.07. The van der Waals surface area contributed by atoms with Gasteiger partial charge in [-0.3, -0.25) is 4.90 Å². The fraction of sp³-hybridized carbons (Fsp3) is 0.333. The first-order chi connectivity index (χ1) is 10.8.